The zero-order valence-electron chi connectivity index (χ0n) is 11.8. The number of benzene rings is 1. The van der Waals surface area contributed by atoms with Gasteiger partial charge in [-0.15, -0.1) is 0 Å². The van der Waals surface area contributed by atoms with E-state index >= 15 is 0 Å². The molecular formula is C14H16N4O3. The van der Waals surface area contributed by atoms with Crippen LogP contribution in [0.2, 0.25) is 0 Å². The van der Waals surface area contributed by atoms with Crippen LogP contribution >= 0.6 is 0 Å². The Morgan fingerprint density at radius 3 is 2.43 bits per heavy atom. The summed E-state index contributed by atoms with van der Waals surface area (Å²) in [6.07, 6.45) is 0. The second-order valence-electron chi connectivity index (χ2n) is 4.14. The van der Waals surface area contributed by atoms with Gasteiger partial charge in [0.1, 0.15) is 11.6 Å². The lowest BCUT2D eigenvalue weighted by Gasteiger charge is -2.11. The Labute approximate surface area is 121 Å². The molecule has 0 radical (unpaired) electrons. The van der Waals surface area contributed by atoms with Crippen LogP contribution in [-0.4, -0.2) is 29.7 Å². The Hall–Kier alpha value is -2.83. The fourth-order valence-corrected chi connectivity index (χ4v) is 1.91. The van der Waals surface area contributed by atoms with Crippen molar-refractivity contribution in [1.29, 1.82) is 0 Å². The molecule has 1 aromatic heterocycles. The molecule has 1 aromatic carbocycles. The van der Waals surface area contributed by atoms with Crippen LogP contribution in [0.3, 0.4) is 0 Å². The molecule has 7 heteroatoms. The fourth-order valence-electron chi connectivity index (χ4n) is 1.91. The second-order valence-corrected chi connectivity index (χ2v) is 4.14. The van der Waals surface area contributed by atoms with Crippen LogP contribution in [0, 0.1) is 0 Å². The van der Waals surface area contributed by atoms with Crippen molar-refractivity contribution in [2.75, 3.05) is 25.2 Å². The van der Waals surface area contributed by atoms with E-state index < -0.39 is 5.97 Å². The van der Waals surface area contributed by atoms with E-state index in [0.29, 0.717) is 17.7 Å². The number of carbonyl (C=O) groups excluding carboxylic acids is 1. The quantitative estimate of drug-likeness (QED) is 0.819. The molecule has 0 atom stereocenters. The van der Waals surface area contributed by atoms with Crippen molar-refractivity contribution >= 4 is 17.7 Å². The van der Waals surface area contributed by atoms with Gasteiger partial charge in [-0.05, 0) is 24.6 Å². The molecule has 2 aromatic rings. The summed E-state index contributed by atoms with van der Waals surface area (Å²) in [5.41, 5.74) is 12.5. The van der Waals surface area contributed by atoms with Crippen LogP contribution in [-0.2, 0) is 4.74 Å². The summed E-state index contributed by atoms with van der Waals surface area (Å²) < 4.78 is 10.1. The van der Waals surface area contributed by atoms with E-state index in [-0.39, 0.29) is 17.5 Å². The predicted molar refractivity (Wildman–Crippen MR) is 78.8 cm³/mol. The average molecular weight is 288 g/mol. The lowest BCUT2D eigenvalue weighted by molar-refractivity contribution is 0.0595. The number of hydrogen-bond acceptors (Lipinski definition) is 7. The van der Waals surface area contributed by atoms with Crippen molar-refractivity contribution in [3.8, 4) is 16.9 Å². The number of hydrogen-bond donors (Lipinski definition) is 2. The van der Waals surface area contributed by atoms with Crippen LogP contribution in [0.15, 0.2) is 24.3 Å². The molecular weight excluding hydrogens is 272 g/mol. The van der Waals surface area contributed by atoms with Crippen LogP contribution in [0.4, 0.5) is 11.8 Å². The summed E-state index contributed by atoms with van der Waals surface area (Å²) in [5.74, 6) is 0.130. The summed E-state index contributed by atoms with van der Waals surface area (Å²) in [4.78, 5) is 19.6. The number of carbonyl (C=O) groups is 1. The number of anilines is 2. The average Bonchev–Trinajstić information content (AvgIpc) is 2.47. The number of nitrogens with two attached hydrogens (primary N) is 2. The van der Waals surface area contributed by atoms with Gasteiger partial charge in [0.2, 0.25) is 5.95 Å². The molecule has 0 aliphatic carbocycles. The standard InChI is InChI=1S/C14H16N4O3/c1-3-21-9-6-4-8(5-7-9)10-11(13(19)20-2)17-14(16)18-12(10)15/h4-7H,3H2,1-2H3,(H4,15,16,17,18). The summed E-state index contributed by atoms with van der Waals surface area (Å²) >= 11 is 0. The Kier molecular flexibility index (Phi) is 4.22. The molecule has 0 saturated heterocycles. The highest BCUT2D eigenvalue weighted by Gasteiger charge is 2.20. The second kappa shape index (κ2) is 6.08. The molecule has 0 fully saturated rings. The van der Waals surface area contributed by atoms with Crippen molar-refractivity contribution in [3.05, 3.63) is 30.0 Å². The van der Waals surface area contributed by atoms with Gasteiger partial charge < -0.3 is 20.9 Å². The first-order chi connectivity index (χ1) is 10.1. The number of aromatic nitrogens is 2. The van der Waals surface area contributed by atoms with Crippen LogP contribution in [0.1, 0.15) is 17.4 Å². The Balaban J connectivity index is 2.54. The maximum Gasteiger partial charge on any atom is 0.357 e. The lowest BCUT2D eigenvalue weighted by atomic mass is 10.0. The zero-order valence-corrected chi connectivity index (χ0v) is 11.8. The summed E-state index contributed by atoms with van der Waals surface area (Å²) in [5, 5.41) is 0. The Morgan fingerprint density at radius 2 is 1.86 bits per heavy atom. The van der Waals surface area contributed by atoms with Gasteiger partial charge in [-0.3, -0.25) is 0 Å². The molecule has 0 amide bonds. The molecule has 110 valence electrons. The van der Waals surface area contributed by atoms with Crippen LogP contribution in [0.5, 0.6) is 5.75 Å². The van der Waals surface area contributed by atoms with Gasteiger partial charge in [0.25, 0.3) is 0 Å². The summed E-state index contributed by atoms with van der Waals surface area (Å²) in [7, 11) is 1.26. The van der Waals surface area contributed by atoms with Crippen LogP contribution < -0.4 is 16.2 Å². The normalized spacial score (nSPS) is 10.2. The molecule has 0 spiro atoms. The van der Waals surface area contributed by atoms with Gasteiger partial charge in [-0.25, -0.2) is 9.78 Å². The molecule has 0 aliphatic heterocycles. The van der Waals surface area contributed by atoms with E-state index in [2.05, 4.69) is 9.97 Å². The Morgan fingerprint density at radius 1 is 1.19 bits per heavy atom. The molecule has 7 nitrogen and oxygen atoms in total. The van der Waals surface area contributed by atoms with E-state index in [0.717, 1.165) is 5.75 Å². The molecule has 2 rings (SSSR count). The maximum absolute atomic E-state index is 11.8. The highest BCUT2D eigenvalue weighted by molar-refractivity contribution is 5.98. The Bertz CT molecular complexity index is 656. The predicted octanol–water partition coefficient (Wildman–Crippen LogP) is 1.49. The van der Waals surface area contributed by atoms with E-state index in [9.17, 15) is 4.79 Å². The number of nitrogens with zero attached hydrogens (tertiary/aromatic N) is 2. The first kappa shape index (κ1) is 14.6. The molecule has 0 bridgehead atoms. The van der Waals surface area contributed by atoms with E-state index in [1.54, 1.807) is 24.3 Å². The molecule has 0 unspecified atom stereocenters. The van der Waals surface area contributed by atoms with Gasteiger partial charge in [0, 0.05) is 0 Å². The zero-order chi connectivity index (χ0) is 15.4. The summed E-state index contributed by atoms with van der Waals surface area (Å²) in [6, 6.07) is 7.08. The lowest BCUT2D eigenvalue weighted by Crippen LogP contribution is -2.12. The third kappa shape index (κ3) is 3.02. The monoisotopic (exact) mass is 288 g/mol. The fraction of sp³-hybridized carbons (Fsp3) is 0.214. The largest absolute Gasteiger partial charge is 0.494 e. The highest BCUT2D eigenvalue weighted by atomic mass is 16.5. The minimum Gasteiger partial charge on any atom is -0.494 e. The number of nitrogen functional groups attached to an aromatic ring is 2. The van der Waals surface area contributed by atoms with Crippen molar-refractivity contribution in [2.24, 2.45) is 0 Å². The molecule has 0 saturated carbocycles. The van der Waals surface area contributed by atoms with E-state index in [1.165, 1.54) is 7.11 Å². The topological polar surface area (TPSA) is 113 Å². The third-order valence-electron chi connectivity index (χ3n) is 2.79. The molecule has 4 N–H and O–H groups in total. The minimum absolute atomic E-state index is 0.0339. The number of methoxy groups -OCH3 is 1. The van der Waals surface area contributed by atoms with Gasteiger partial charge in [0.05, 0.1) is 19.3 Å². The van der Waals surface area contributed by atoms with Crippen molar-refractivity contribution < 1.29 is 14.3 Å². The van der Waals surface area contributed by atoms with Crippen molar-refractivity contribution in [1.82, 2.24) is 9.97 Å². The smallest absolute Gasteiger partial charge is 0.357 e. The van der Waals surface area contributed by atoms with E-state index in [4.69, 9.17) is 20.9 Å². The van der Waals surface area contributed by atoms with Crippen LogP contribution in [0.25, 0.3) is 11.1 Å². The molecule has 1 heterocycles. The maximum atomic E-state index is 11.8. The first-order valence-corrected chi connectivity index (χ1v) is 6.31. The van der Waals surface area contributed by atoms with Gasteiger partial charge in [-0.2, -0.15) is 4.98 Å². The van der Waals surface area contributed by atoms with Gasteiger partial charge in [-0.1, -0.05) is 12.1 Å². The third-order valence-corrected chi connectivity index (χ3v) is 2.79. The van der Waals surface area contributed by atoms with E-state index in [1.807, 2.05) is 6.92 Å². The minimum atomic E-state index is -0.625. The van der Waals surface area contributed by atoms with Gasteiger partial charge >= 0.3 is 5.97 Å². The van der Waals surface area contributed by atoms with Crippen molar-refractivity contribution in [2.45, 2.75) is 6.92 Å². The van der Waals surface area contributed by atoms with Crippen molar-refractivity contribution in [3.63, 3.8) is 0 Å². The highest BCUT2D eigenvalue weighted by Crippen LogP contribution is 2.30. The number of esters is 1. The van der Waals surface area contributed by atoms with Gasteiger partial charge in [0.15, 0.2) is 5.69 Å². The first-order valence-electron chi connectivity index (χ1n) is 6.31. The molecule has 21 heavy (non-hydrogen) atoms. The number of rotatable bonds is 4. The molecule has 0 aliphatic rings. The number of ether oxygens (including phenoxy) is 2. The summed E-state index contributed by atoms with van der Waals surface area (Å²) in [6.45, 7) is 2.47. The SMILES string of the molecule is CCOc1ccc(-c2c(N)nc(N)nc2C(=O)OC)cc1.